The Morgan fingerprint density at radius 1 is 1.41 bits per heavy atom. The van der Waals surface area contributed by atoms with E-state index in [-0.39, 0.29) is 22.1 Å². The fourth-order valence-corrected chi connectivity index (χ4v) is 3.77. The van der Waals surface area contributed by atoms with Crippen molar-refractivity contribution in [3.05, 3.63) is 65.5 Å². The molecule has 1 aromatic carbocycles. The molecule has 0 aliphatic heterocycles. The first-order valence-electron chi connectivity index (χ1n) is 7.55. The SMILES string of the molecule is COC(=O)c1sc2nc(/C=C/c3ccc(Cl)c([N+](=O)[O-])c3)[nH]c(=O)c2c1C. The lowest BCUT2D eigenvalue weighted by molar-refractivity contribution is -0.384. The number of nitro groups is 1. The van der Waals surface area contributed by atoms with E-state index in [1.165, 1.54) is 25.3 Å². The average molecular weight is 406 g/mol. The first kappa shape index (κ1) is 18.7. The molecule has 3 rings (SSSR count). The predicted molar refractivity (Wildman–Crippen MR) is 103 cm³/mol. The number of halogens is 1. The van der Waals surface area contributed by atoms with Crippen molar-refractivity contribution in [3.8, 4) is 0 Å². The van der Waals surface area contributed by atoms with Crippen molar-refractivity contribution in [1.29, 1.82) is 0 Å². The van der Waals surface area contributed by atoms with E-state index in [1.807, 2.05) is 0 Å². The standard InChI is InChI=1S/C17H12ClN3O5S/c1-8-13-15(22)19-12(20-16(13)27-14(8)17(23)26-2)6-4-9-3-5-10(18)11(7-9)21(24)25/h3-7H,1-2H3,(H,19,20,22)/b6-4+. The summed E-state index contributed by atoms with van der Waals surface area (Å²) >= 11 is 6.86. The first-order chi connectivity index (χ1) is 12.8. The maximum Gasteiger partial charge on any atom is 0.348 e. The van der Waals surface area contributed by atoms with Crippen LogP contribution in [0, 0.1) is 17.0 Å². The Bertz CT molecular complexity index is 1170. The average Bonchev–Trinajstić information content (AvgIpc) is 2.97. The number of carbonyl (C=O) groups is 1. The summed E-state index contributed by atoms with van der Waals surface area (Å²) in [4.78, 5) is 42.2. The van der Waals surface area contributed by atoms with E-state index in [2.05, 4.69) is 9.97 Å². The highest BCUT2D eigenvalue weighted by atomic mass is 35.5. The molecule has 0 bridgehead atoms. The van der Waals surface area contributed by atoms with Crippen molar-refractivity contribution in [2.45, 2.75) is 6.92 Å². The quantitative estimate of drug-likeness (QED) is 0.401. The normalized spacial score (nSPS) is 11.2. The number of nitro benzene ring substituents is 1. The molecule has 10 heteroatoms. The molecule has 0 atom stereocenters. The van der Waals surface area contributed by atoms with Gasteiger partial charge >= 0.3 is 5.97 Å². The number of fused-ring (bicyclic) bond motifs is 1. The number of nitrogens with one attached hydrogen (secondary N) is 1. The van der Waals surface area contributed by atoms with Gasteiger partial charge in [0, 0.05) is 6.07 Å². The molecule has 0 aliphatic rings. The van der Waals surface area contributed by atoms with Gasteiger partial charge < -0.3 is 9.72 Å². The van der Waals surface area contributed by atoms with E-state index in [4.69, 9.17) is 16.3 Å². The number of aromatic nitrogens is 2. The summed E-state index contributed by atoms with van der Waals surface area (Å²) in [7, 11) is 1.27. The molecule has 2 aromatic heterocycles. The van der Waals surface area contributed by atoms with Crippen LogP contribution in [-0.2, 0) is 4.74 Å². The lowest BCUT2D eigenvalue weighted by Crippen LogP contribution is -2.09. The van der Waals surface area contributed by atoms with Gasteiger partial charge in [-0.3, -0.25) is 14.9 Å². The molecule has 0 spiro atoms. The van der Waals surface area contributed by atoms with Crippen molar-refractivity contribution in [3.63, 3.8) is 0 Å². The summed E-state index contributed by atoms with van der Waals surface area (Å²) in [5, 5.41) is 11.3. The Kier molecular flexibility index (Phi) is 5.06. The van der Waals surface area contributed by atoms with Crippen LogP contribution in [0.15, 0.2) is 23.0 Å². The minimum atomic E-state index is -0.575. The van der Waals surface area contributed by atoms with Gasteiger partial charge in [-0.05, 0) is 30.2 Å². The van der Waals surface area contributed by atoms with Crippen LogP contribution in [0.3, 0.4) is 0 Å². The second kappa shape index (κ2) is 7.29. The molecule has 8 nitrogen and oxygen atoms in total. The number of hydrogen-bond donors (Lipinski definition) is 1. The molecular weight excluding hydrogens is 394 g/mol. The number of H-pyrrole nitrogens is 1. The number of hydrogen-bond acceptors (Lipinski definition) is 7. The number of aromatic amines is 1. The molecule has 0 aliphatic carbocycles. The third kappa shape index (κ3) is 3.60. The minimum Gasteiger partial charge on any atom is -0.465 e. The van der Waals surface area contributed by atoms with E-state index in [0.29, 0.717) is 26.2 Å². The first-order valence-corrected chi connectivity index (χ1v) is 8.75. The highest BCUT2D eigenvalue weighted by Gasteiger charge is 2.19. The highest BCUT2D eigenvalue weighted by molar-refractivity contribution is 7.20. The van der Waals surface area contributed by atoms with Crippen LogP contribution in [0.5, 0.6) is 0 Å². The van der Waals surface area contributed by atoms with Crippen molar-refractivity contribution < 1.29 is 14.5 Å². The van der Waals surface area contributed by atoms with Gasteiger partial charge in [0.2, 0.25) is 0 Å². The molecule has 27 heavy (non-hydrogen) atoms. The van der Waals surface area contributed by atoms with E-state index in [1.54, 1.807) is 19.1 Å². The summed E-state index contributed by atoms with van der Waals surface area (Å²) in [6, 6.07) is 4.34. The summed E-state index contributed by atoms with van der Waals surface area (Å²) in [6.07, 6.45) is 3.08. The number of methoxy groups -OCH3 is 1. The molecule has 0 saturated carbocycles. The third-order valence-electron chi connectivity index (χ3n) is 3.79. The number of carbonyl (C=O) groups excluding carboxylic acids is 1. The van der Waals surface area contributed by atoms with Crippen LogP contribution in [0.4, 0.5) is 5.69 Å². The lowest BCUT2D eigenvalue weighted by Gasteiger charge is -1.98. The van der Waals surface area contributed by atoms with Crippen molar-refractivity contribution in [1.82, 2.24) is 9.97 Å². The number of thiophene rings is 1. The number of nitrogens with zero attached hydrogens (tertiary/aromatic N) is 2. The van der Waals surface area contributed by atoms with E-state index < -0.39 is 10.9 Å². The minimum absolute atomic E-state index is 0.0366. The zero-order chi connectivity index (χ0) is 19.7. The molecule has 1 N–H and O–H groups in total. The maximum absolute atomic E-state index is 12.4. The summed E-state index contributed by atoms with van der Waals surface area (Å²) in [6.45, 7) is 1.66. The number of aryl methyl sites for hydroxylation is 1. The van der Waals surface area contributed by atoms with Crippen LogP contribution in [-0.4, -0.2) is 28.0 Å². The Morgan fingerprint density at radius 3 is 2.81 bits per heavy atom. The predicted octanol–water partition coefficient (Wildman–Crippen LogP) is 3.81. The Hall–Kier alpha value is -3.04. The second-order valence-electron chi connectivity index (χ2n) is 5.48. The Labute approximate surface area is 161 Å². The topological polar surface area (TPSA) is 115 Å². The summed E-state index contributed by atoms with van der Waals surface area (Å²) in [5.74, 6) is -0.275. The number of esters is 1. The second-order valence-corrected chi connectivity index (χ2v) is 6.89. The van der Waals surface area contributed by atoms with Gasteiger partial charge in [-0.15, -0.1) is 11.3 Å². The maximum atomic E-state index is 12.4. The Morgan fingerprint density at radius 2 is 2.15 bits per heavy atom. The van der Waals surface area contributed by atoms with Crippen LogP contribution >= 0.6 is 22.9 Å². The molecule has 0 fully saturated rings. The van der Waals surface area contributed by atoms with Crippen LogP contribution in [0.2, 0.25) is 5.02 Å². The molecule has 0 amide bonds. The van der Waals surface area contributed by atoms with Crippen molar-refractivity contribution >= 4 is 57.0 Å². The van der Waals surface area contributed by atoms with Crippen LogP contribution < -0.4 is 5.56 Å². The van der Waals surface area contributed by atoms with E-state index >= 15 is 0 Å². The molecule has 2 heterocycles. The van der Waals surface area contributed by atoms with Gasteiger partial charge in [0.05, 0.1) is 17.4 Å². The highest BCUT2D eigenvalue weighted by Crippen LogP contribution is 2.28. The zero-order valence-corrected chi connectivity index (χ0v) is 15.7. The molecular formula is C17H12ClN3O5S. The molecule has 138 valence electrons. The number of rotatable bonds is 4. The fraction of sp³-hybridized carbons (Fsp3) is 0.118. The molecule has 3 aromatic rings. The summed E-state index contributed by atoms with van der Waals surface area (Å²) in [5.41, 5.74) is 0.434. The van der Waals surface area contributed by atoms with Crippen molar-refractivity contribution in [2.24, 2.45) is 0 Å². The third-order valence-corrected chi connectivity index (χ3v) is 5.28. The van der Waals surface area contributed by atoms with Crippen LogP contribution in [0.1, 0.15) is 26.6 Å². The van der Waals surface area contributed by atoms with Crippen LogP contribution in [0.25, 0.3) is 22.4 Å². The van der Waals surface area contributed by atoms with Gasteiger partial charge in [0.1, 0.15) is 20.6 Å². The monoisotopic (exact) mass is 405 g/mol. The number of benzene rings is 1. The zero-order valence-electron chi connectivity index (χ0n) is 14.1. The molecule has 0 radical (unpaired) electrons. The largest absolute Gasteiger partial charge is 0.465 e. The van der Waals surface area contributed by atoms with Gasteiger partial charge in [-0.2, -0.15) is 0 Å². The smallest absolute Gasteiger partial charge is 0.348 e. The molecule has 0 unspecified atom stereocenters. The van der Waals surface area contributed by atoms with Gasteiger partial charge in [-0.1, -0.05) is 23.7 Å². The number of ether oxygens (including phenoxy) is 1. The van der Waals surface area contributed by atoms with Gasteiger partial charge in [-0.25, -0.2) is 9.78 Å². The lowest BCUT2D eigenvalue weighted by atomic mass is 10.2. The van der Waals surface area contributed by atoms with E-state index in [9.17, 15) is 19.7 Å². The molecule has 0 saturated heterocycles. The summed E-state index contributed by atoms with van der Waals surface area (Å²) < 4.78 is 4.71. The van der Waals surface area contributed by atoms with Crippen molar-refractivity contribution in [2.75, 3.05) is 7.11 Å². The Balaban J connectivity index is 2.02. The fourth-order valence-electron chi connectivity index (χ4n) is 2.48. The van der Waals surface area contributed by atoms with E-state index in [0.717, 1.165) is 11.3 Å². The van der Waals surface area contributed by atoms with Gasteiger partial charge in [0.15, 0.2) is 0 Å². The van der Waals surface area contributed by atoms with Gasteiger partial charge in [0.25, 0.3) is 11.2 Å².